The van der Waals surface area contributed by atoms with Gasteiger partial charge in [0.05, 0.1) is 5.02 Å². The first-order valence-electron chi connectivity index (χ1n) is 8.20. The predicted molar refractivity (Wildman–Crippen MR) is 102 cm³/mol. The summed E-state index contributed by atoms with van der Waals surface area (Å²) in [5.74, 6) is 2.73. The fourth-order valence-corrected chi connectivity index (χ4v) is 4.12. The molecule has 1 unspecified atom stereocenters. The van der Waals surface area contributed by atoms with E-state index in [1.54, 1.807) is 6.20 Å². The van der Waals surface area contributed by atoms with Gasteiger partial charge in [0.2, 0.25) is 0 Å². The van der Waals surface area contributed by atoms with E-state index in [4.69, 9.17) is 16.3 Å². The Hall–Kier alpha value is -1.76. The third kappa shape index (κ3) is 3.76. The third-order valence-electron chi connectivity index (χ3n) is 4.32. The van der Waals surface area contributed by atoms with E-state index < -0.39 is 0 Å². The summed E-state index contributed by atoms with van der Waals surface area (Å²) in [5, 5.41) is 4.64. The topological polar surface area (TPSA) is 52.0 Å². The molecule has 0 saturated carbocycles. The minimum absolute atomic E-state index is 0.395. The van der Waals surface area contributed by atoms with Gasteiger partial charge in [-0.25, -0.2) is 9.97 Å². The molecule has 3 heterocycles. The zero-order chi connectivity index (χ0) is 17.2. The second-order valence-electron chi connectivity index (χ2n) is 6.11. The first-order chi connectivity index (χ1) is 12.2. The second kappa shape index (κ2) is 7.23. The Morgan fingerprint density at radius 3 is 2.96 bits per heavy atom. The number of hydrogen-bond donors (Lipinski definition) is 1. The minimum atomic E-state index is 0.395. The largest absolute Gasteiger partial charge is 0.486 e. The highest BCUT2D eigenvalue weighted by molar-refractivity contribution is 8.00. The van der Waals surface area contributed by atoms with Gasteiger partial charge in [-0.2, -0.15) is 0 Å². The second-order valence-corrected chi connectivity index (χ2v) is 7.83. The number of benzene rings is 1. The van der Waals surface area contributed by atoms with Gasteiger partial charge >= 0.3 is 0 Å². The van der Waals surface area contributed by atoms with Crippen LogP contribution in [0, 0.1) is 0 Å². The number of ether oxygens (including phenoxy) is 1. The maximum atomic E-state index is 5.98. The summed E-state index contributed by atoms with van der Waals surface area (Å²) in [5.41, 5.74) is 2.93. The van der Waals surface area contributed by atoms with Crippen LogP contribution >= 0.6 is 23.4 Å². The number of nitrogens with one attached hydrogen (secondary N) is 1. The van der Waals surface area contributed by atoms with Crippen LogP contribution in [0.3, 0.4) is 0 Å². The van der Waals surface area contributed by atoms with Crippen LogP contribution < -0.4 is 10.1 Å². The van der Waals surface area contributed by atoms with Gasteiger partial charge in [-0.1, -0.05) is 23.7 Å². The maximum Gasteiger partial charge on any atom is 0.159 e. The zero-order valence-corrected chi connectivity index (χ0v) is 15.5. The Labute approximate surface area is 155 Å². The van der Waals surface area contributed by atoms with Crippen LogP contribution in [0.15, 0.2) is 36.5 Å². The van der Waals surface area contributed by atoms with Crippen LogP contribution in [-0.4, -0.2) is 32.2 Å². The average molecular weight is 375 g/mol. The van der Waals surface area contributed by atoms with Gasteiger partial charge < -0.3 is 14.6 Å². The number of thioether (sulfide) groups is 1. The highest BCUT2D eigenvalue weighted by Crippen LogP contribution is 2.22. The number of imidazole rings is 1. The monoisotopic (exact) mass is 374 g/mol. The van der Waals surface area contributed by atoms with Crippen LogP contribution in [-0.2, 0) is 20.1 Å². The van der Waals surface area contributed by atoms with Crippen molar-refractivity contribution in [1.82, 2.24) is 19.9 Å². The summed E-state index contributed by atoms with van der Waals surface area (Å²) in [7, 11) is 1.94. The van der Waals surface area contributed by atoms with Crippen molar-refractivity contribution < 1.29 is 4.74 Å². The summed E-state index contributed by atoms with van der Waals surface area (Å²) < 4.78 is 7.83. The molecule has 1 atom stereocenters. The fourth-order valence-electron chi connectivity index (χ4n) is 2.95. The molecule has 0 aliphatic carbocycles. The molecule has 1 aliphatic heterocycles. The Bertz CT molecular complexity index is 875. The van der Waals surface area contributed by atoms with Crippen LogP contribution in [0.4, 0.5) is 0 Å². The molecule has 25 heavy (non-hydrogen) atoms. The molecule has 3 aromatic rings. The van der Waals surface area contributed by atoms with Crippen molar-refractivity contribution >= 4 is 34.5 Å². The standard InChI is InChI=1S/C18H19ClN4OS/c1-23-17(22-16-7-13(19)8-21-18(16)23)10-24-14-4-2-12(3-5-14)6-15-9-20-11-25-15/h2-5,7-8,15,20H,6,9-11H2,1H3. The molecule has 0 radical (unpaired) electrons. The van der Waals surface area contributed by atoms with Gasteiger partial charge in [0.15, 0.2) is 5.65 Å². The lowest BCUT2D eigenvalue weighted by Gasteiger charge is -2.09. The number of halogens is 1. The van der Waals surface area contributed by atoms with E-state index in [1.807, 2.05) is 41.6 Å². The predicted octanol–water partition coefficient (Wildman–Crippen LogP) is 3.41. The molecule has 130 valence electrons. The summed E-state index contributed by atoms with van der Waals surface area (Å²) in [6, 6.07) is 10.2. The molecule has 2 aromatic heterocycles. The molecule has 4 rings (SSSR count). The van der Waals surface area contributed by atoms with Gasteiger partial charge in [0, 0.05) is 30.9 Å². The summed E-state index contributed by atoms with van der Waals surface area (Å²) in [6.45, 7) is 1.49. The molecule has 0 amide bonds. The lowest BCUT2D eigenvalue weighted by Crippen LogP contribution is -2.14. The van der Waals surface area contributed by atoms with E-state index >= 15 is 0 Å². The number of hydrogen-bond acceptors (Lipinski definition) is 5. The summed E-state index contributed by atoms with van der Waals surface area (Å²) >= 11 is 7.97. The number of rotatable bonds is 5. The minimum Gasteiger partial charge on any atom is -0.486 e. The van der Waals surface area contributed by atoms with Crippen LogP contribution in [0.1, 0.15) is 11.4 Å². The van der Waals surface area contributed by atoms with E-state index in [2.05, 4.69) is 27.4 Å². The lowest BCUT2D eigenvalue weighted by molar-refractivity contribution is 0.292. The van der Waals surface area contributed by atoms with E-state index in [-0.39, 0.29) is 0 Å². The molecule has 7 heteroatoms. The first kappa shape index (κ1) is 16.7. The Morgan fingerprint density at radius 1 is 1.36 bits per heavy atom. The summed E-state index contributed by atoms with van der Waals surface area (Å²) in [4.78, 5) is 8.88. The van der Waals surface area contributed by atoms with Crippen molar-refractivity contribution in [2.24, 2.45) is 7.05 Å². The van der Waals surface area contributed by atoms with E-state index in [0.29, 0.717) is 16.9 Å². The van der Waals surface area contributed by atoms with E-state index in [9.17, 15) is 0 Å². The average Bonchev–Trinajstić information content (AvgIpc) is 3.22. The number of aryl methyl sites for hydroxylation is 1. The SMILES string of the molecule is Cn1c(COc2ccc(CC3CNCS3)cc2)nc2cc(Cl)cnc21. The van der Waals surface area contributed by atoms with E-state index in [0.717, 1.165) is 41.6 Å². The number of nitrogens with zero attached hydrogens (tertiary/aromatic N) is 3. The van der Waals surface area contributed by atoms with Crippen molar-refractivity contribution in [3.8, 4) is 5.75 Å². The molecular weight excluding hydrogens is 356 g/mol. The molecule has 1 saturated heterocycles. The Balaban J connectivity index is 1.41. The molecule has 5 nitrogen and oxygen atoms in total. The molecule has 0 bridgehead atoms. The third-order valence-corrected chi connectivity index (χ3v) is 5.70. The number of aromatic nitrogens is 3. The highest BCUT2D eigenvalue weighted by Gasteiger charge is 2.15. The maximum absolute atomic E-state index is 5.98. The van der Waals surface area contributed by atoms with Gasteiger partial charge in [-0.15, -0.1) is 11.8 Å². The summed E-state index contributed by atoms with van der Waals surface area (Å²) in [6.07, 6.45) is 2.72. The first-order valence-corrected chi connectivity index (χ1v) is 9.62. The van der Waals surface area contributed by atoms with Gasteiger partial charge in [0.25, 0.3) is 0 Å². The Morgan fingerprint density at radius 2 is 2.20 bits per heavy atom. The van der Waals surface area contributed by atoms with Gasteiger partial charge in [0.1, 0.15) is 23.7 Å². The van der Waals surface area contributed by atoms with Crippen molar-refractivity contribution in [1.29, 1.82) is 0 Å². The zero-order valence-electron chi connectivity index (χ0n) is 13.9. The lowest BCUT2D eigenvalue weighted by atomic mass is 10.1. The number of fused-ring (bicyclic) bond motifs is 1. The van der Waals surface area contributed by atoms with Crippen molar-refractivity contribution in [3.05, 3.63) is 52.9 Å². The van der Waals surface area contributed by atoms with E-state index in [1.165, 1.54) is 5.56 Å². The highest BCUT2D eigenvalue weighted by atomic mass is 35.5. The number of pyridine rings is 1. The molecule has 1 N–H and O–H groups in total. The van der Waals surface area contributed by atoms with Gasteiger partial charge in [-0.05, 0) is 30.2 Å². The molecule has 1 aromatic carbocycles. The molecule has 0 spiro atoms. The molecular formula is C18H19ClN4OS. The van der Waals surface area contributed by atoms with Crippen LogP contribution in [0.2, 0.25) is 5.02 Å². The fraction of sp³-hybridized carbons (Fsp3) is 0.333. The quantitative estimate of drug-likeness (QED) is 0.741. The Kier molecular flexibility index (Phi) is 4.83. The van der Waals surface area contributed by atoms with Crippen molar-refractivity contribution in [3.63, 3.8) is 0 Å². The smallest absolute Gasteiger partial charge is 0.159 e. The van der Waals surface area contributed by atoms with Crippen LogP contribution in [0.5, 0.6) is 5.75 Å². The van der Waals surface area contributed by atoms with Crippen molar-refractivity contribution in [2.45, 2.75) is 18.3 Å². The molecule has 1 fully saturated rings. The van der Waals surface area contributed by atoms with Crippen molar-refractivity contribution in [2.75, 3.05) is 12.4 Å². The van der Waals surface area contributed by atoms with Crippen LogP contribution in [0.25, 0.3) is 11.2 Å². The van der Waals surface area contributed by atoms with Gasteiger partial charge in [-0.3, -0.25) is 0 Å². The molecule has 1 aliphatic rings. The normalized spacial score (nSPS) is 17.3.